The minimum atomic E-state index is -1.25. The van der Waals surface area contributed by atoms with Crippen molar-refractivity contribution in [1.82, 2.24) is 4.90 Å². The van der Waals surface area contributed by atoms with Gasteiger partial charge in [0, 0.05) is 13.1 Å². The Morgan fingerprint density at radius 1 is 1.11 bits per heavy atom. The number of amides is 1. The Labute approximate surface area is 111 Å². The Balaban J connectivity index is 1.76. The fourth-order valence-electron chi connectivity index (χ4n) is 2.50. The number of benzene rings is 1. The summed E-state index contributed by atoms with van der Waals surface area (Å²) in [6.45, 7) is 1.46. The third-order valence-electron chi connectivity index (χ3n) is 3.52. The molecule has 0 unspecified atom stereocenters. The van der Waals surface area contributed by atoms with Crippen LogP contribution >= 0.6 is 0 Å². The van der Waals surface area contributed by atoms with Crippen molar-refractivity contribution in [2.24, 2.45) is 0 Å². The first kappa shape index (κ1) is 12.3. The molecule has 1 aromatic rings. The molecule has 0 saturated carbocycles. The van der Waals surface area contributed by atoms with E-state index in [2.05, 4.69) is 0 Å². The maximum Gasteiger partial charge on any atom is 0.270 e. The van der Waals surface area contributed by atoms with E-state index in [0.717, 1.165) is 32.4 Å². The van der Waals surface area contributed by atoms with Crippen LogP contribution in [0.2, 0.25) is 0 Å². The molecule has 1 aromatic carbocycles. The van der Waals surface area contributed by atoms with Crippen LogP contribution in [0.3, 0.4) is 0 Å². The maximum absolute atomic E-state index is 12.3. The van der Waals surface area contributed by atoms with Gasteiger partial charge in [-0.25, -0.2) is 0 Å². The van der Waals surface area contributed by atoms with Crippen molar-refractivity contribution in [2.75, 3.05) is 13.1 Å². The van der Waals surface area contributed by atoms with Gasteiger partial charge in [-0.15, -0.1) is 0 Å². The van der Waals surface area contributed by atoms with Crippen LogP contribution in [-0.4, -0.2) is 41.4 Å². The molecule has 2 heterocycles. The molecule has 102 valence electrons. The number of aliphatic hydroxyl groups is 1. The number of piperidine rings is 1. The molecule has 0 radical (unpaired) electrons. The second-order valence-corrected chi connectivity index (χ2v) is 4.88. The van der Waals surface area contributed by atoms with Crippen LogP contribution in [0.1, 0.15) is 19.3 Å². The summed E-state index contributed by atoms with van der Waals surface area (Å²) in [6.07, 6.45) is 0.951. The third-order valence-corrected chi connectivity index (χ3v) is 3.52. The van der Waals surface area contributed by atoms with Crippen molar-refractivity contribution >= 4 is 5.91 Å². The summed E-state index contributed by atoms with van der Waals surface area (Å²) in [5.74, 6) is 0.780. The molecule has 2 aliphatic rings. The summed E-state index contributed by atoms with van der Waals surface area (Å²) in [5.41, 5.74) is 0. The van der Waals surface area contributed by atoms with Crippen molar-refractivity contribution in [2.45, 2.75) is 31.7 Å². The summed E-state index contributed by atoms with van der Waals surface area (Å²) in [7, 11) is 0. The average Bonchev–Trinajstić information content (AvgIpc) is 2.47. The number of nitrogens with zero attached hydrogens (tertiary/aromatic N) is 1. The molecular weight excluding hydrogens is 246 g/mol. The number of para-hydroxylation sites is 2. The first-order valence-electron chi connectivity index (χ1n) is 6.65. The molecule has 5 nitrogen and oxygen atoms in total. The Morgan fingerprint density at radius 2 is 1.74 bits per heavy atom. The highest BCUT2D eigenvalue weighted by molar-refractivity contribution is 5.82. The number of carbonyl (C=O) groups is 1. The predicted octanol–water partition coefficient (Wildman–Crippen LogP) is 1.16. The van der Waals surface area contributed by atoms with Gasteiger partial charge in [0.25, 0.3) is 5.91 Å². The molecule has 1 amide bonds. The predicted molar refractivity (Wildman–Crippen MR) is 67.9 cm³/mol. The molecule has 3 rings (SSSR count). The zero-order valence-corrected chi connectivity index (χ0v) is 10.6. The van der Waals surface area contributed by atoms with Crippen molar-refractivity contribution in [1.29, 1.82) is 0 Å². The van der Waals surface area contributed by atoms with Crippen molar-refractivity contribution < 1.29 is 19.4 Å². The second-order valence-electron chi connectivity index (χ2n) is 4.88. The van der Waals surface area contributed by atoms with Gasteiger partial charge in [-0.05, 0) is 31.4 Å². The second kappa shape index (κ2) is 5.09. The normalized spacial score (nSPS) is 26.1. The minimum Gasteiger partial charge on any atom is -0.470 e. The van der Waals surface area contributed by atoms with E-state index in [1.54, 1.807) is 23.1 Å². The standard InChI is InChI=1S/C14H17NO4/c16-13(15-8-4-1-5-9-15)12-14(17)19-11-7-3-2-6-10(11)18-12/h2-3,6-7,12,14,17H,1,4-5,8-9H2/t12-,14+/m1/s1. The van der Waals surface area contributed by atoms with Gasteiger partial charge in [-0.2, -0.15) is 0 Å². The number of likely N-dealkylation sites (tertiary alicyclic amines) is 1. The van der Waals surface area contributed by atoms with E-state index in [9.17, 15) is 9.90 Å². The van der Waals surface area contributed by atoms with Crippen LogP contribution in [0, 0.1) is 0 Å². The molecule has 0 aromatic heterocycles. The summed E-state index contributed by atoms with van der Waals surface area (Å²) in [5, 5.41) is 9.92. The molecule has 1 fully saturated rings. The van der Waals surface area contributed by atoms with Gasteiger partial charge in [0.05, 0.1) is 0 Å². The Hall–Kier alpha value is -1.75. The summed E-state index contributed by atoms with van der Waals surface area (Å²) in [4.78, 5) is 14.1. The van der Waals surface area contributed by atoms with Crippen molar-refractivity contribution in [3.8, 4) is 11.5 Å². The lowest BCUT2D eigenvalue weighted by atomic mass is 10.1. The number of rotatable bonds is 1. The summed E-state index contributed by atoms with van der Waals surface area (Å²) < 4.78 is 10.9. The van der Waals surface area contributed by atoms with E-state index >= 15 is 0 Å². The lowest BCUT2D eigenvalue weighted by molar-refractivity contribution is -0.163. The first-order valence-corrected chi connectivity index (χ1v) is 6.65. The van der Waals surface area contributed by atoms with Gasteiger partial charge in [0.15, 0.2) is 11.5 Å². The number of ether oxygens (including phenoxy) is 2. The van der Waals surface area contributed by atoms with E-state index in [1.807, 2.05) is 6.07 Å². The number of carbonyl (C=O) groups excluding carboxylic acids is 1. The Morgan fingerprint density at radius 3 is 2.42 bits per heavy atom. The lowest BCUT2D eigenvalue weighted by Crippen LogP contribution is -2.52. The number of fused-ring (bicyclic) bond motifs is 1. The zero-order chi connectivity index (χ0) is 13.2. The molecule has 1 saturated heterocycles. The Bertz CT molecular complexity index is 470. The highest BCUT2D eigenvalue weighted by Gasteiger charge is 2.38. The lowest BCUT2D eigenvalue weighted by Gasteiger charge is -2.34. The van der Waals surface area contributed by atoms with E-state index in [0.29, 0.717) is 11.5 Å². The molecular formula is C14H17NO4. The SMILES string of the molecule is O=C([C@H]1Oc2ccccc2O[C@@H]1O)N1CCCCC1. The topological polar surface area (TPSA) is 59.0 Å². The molecule has 0 bridgehead atoms. The van der Waals surface area contributed by atoms with Gasteiger partial charge in [0.1, 0.15) is 0 Å². The van der Waals surface area contributed by atoms with Crippen molar-refractivity contribution in [3.63, 3.8) is 0 Å². The number of aliphatic hydroxyl groups excluding tert-OH is 1. The summed E-state index contributed by atoms with van der Waals surface area (Å²) >= 11 is 0. The number of hydrogen-bond acceptors (Lipinski definition) is 4. The van der Waals surface area contributed by atoms with Crippen LogP contribution in [-0.2, 0) is 4.79 Å². The monoisotopic (exact) mass is 263 g/mol. The molecule has 1 N–H and O–H groups in total. The van der Waals surface area contributed by atoms with Gasteiger partial charge in [-0.1, -0.05) is 12.1 Å². The maximum atomic E-state index is 12.3. The van der Waals surface area contributed by atoms with Gasteiger partial charge < -0.3 is 19.5 Å². The zero-order valence-electron chi connectivity index (χ0n) is 10.6. The van der Waals surface area contributed by atoms with Crippen LogP contribution in [0.5, 0.6) is 11.5 Å². The highest BCUT2D eigenvalue weighted by atomic mass is 16.7. The summed E-state index contributed by atoms with van der Waals surface area (Å²) in [6, 6.07) is 7.04. The Kier molecular flexibility index (Phi) is 3.29. The largest absolute Gasteiger partial charge is 0.470 e. The smallest absolute Gasteiger partial charge is 0.270 e. The molecule has 19 heavy (non-hydrogen) atoms. The quantitative estimate of drug-likeness (QED) is 0.826. The van der Waals surface area contributed by atoms with E-state index in [1.165, 1.54) is 0 Å². The molecule has 2 atom stereocenters. The number of hydrogen-bond donors (Lipinski definition) is 1. The van der Waals surface area contributed by atoms with Crippen LogP contribution in [0.15, 0.2) is 24.3 Å². The first-order chi connectivity index (χ1) is 9.25. The minimum absolute atomic E-state index is 0.193. The van der Waals surface area contributed by atoms with E-state index in [-0.39, 0.29) is 5.91 Å². The fourth-order valence-corrected chi connectivity index (χ4v) is 2.50. The molecule has 0 aliphatic carbocycles. The average molecular weight is 263 g/mol. The van der Waals surface area contributed by atoms with Gasteiger partial charge >= 0.3 is 0 Å². The fraction of sp³-hybridized carbons (Fsp3) is 0.500. The van der Waals surface area contributed by atoms with Crippen molar-refractivity contribution in [3.05, 3.63) is 24.3 Å². The van der Waals surface area contributed by atoms with Crippen LogP contribution in [0.4, 0.5) is 0 Å². The highest BCUT2D eigenvalue weighted by Crippen LogP contribution is 2.33. The van der Waals surface area contributed by atoms with Gasteiger partial charge in [-0.3, -0.25) is 4.79 Å². The van der Waals surface area contributed by atoms with E-state index < -0.39 is 12.4 Å². The molecule has 0 spiro atoms. The van der Waals surface area contributed by atoms with Crippen LogP contribution in [0.25, 0.3) is 0 Å². The van der Waals surface area contributed by atoms with Gasteiger partial charge in [0.2, 0.25) is 12.4 Å². The van der Waals surface area contributed by atoms with E-state index in [4.69, 9.17) is 9.47 Å². The molecule has 2 aliphatic heterocycles. The van der Waals surface area contributed by atoms with Crippen LogP contribution < -0.4 is 9.47 Å². The molecule has 5 heteroatoms. The third kappa shape index (κ3) is 2.38.